The average molecular weight is 321 g/mol. The van der Waals surface area contributed by atoms with Crippen molar-refractivity contribution in [3.8, 4) is 0 Å². The molecule has 5 nitrogen and oxygen atoms in total. The number of rotatable bonds is 3. The molecule has 1 aliphatic rings. The summed E-state index contributed by atoms with van der Waals surface area (Å²) >= 11 is 2.14. The molecule has 2 rings (SSSR count). The van der Waals surface area contributed by atoms with E-state index >= 15 is 0 Å². The molecule has 0 aromatic carbocycles. The van der Waals surface area contributed by atoms with Crippen LogP contribution in [0, 0.1) is 3.57 Å². The van der Waals surface area contributed by atoms with Gasteiger partial charge in [0.1, 0.15) is 5.60 Å². The number of hydrogen-bond acceptors (Lipinski definition) is 5. The fraction of sp³-hybridized carbons (Fsp3) is 0.556. The summed E-state index contributed by atoms with van der Waals surface area (Å²) in [6.07, 6.45) is 4.11. The van der Waals surface area contributed by atoms with Crippen molar-refractivity contribution >= 4 is 28.5 Å². The fourth-order valence-corrected chi connectivity index (χ4v) is 1.66. The van der Waals surface area contributed by atoms with Gasteiger partial charge in [0, 0.05) is 35.5 Å². The maximum atomic E-state index is 9.96. The van der Waals surface area contributed by atoms with E-state index in [9.17, 15) is 5.11 Å². The van der Waals surface area contributed by atoms with Gasteiger partial charge in [0.05, 0.1) is 6.61 Å². The van der Waals surface area contributed by atoms with E-state index in [2.05, 4.69) is 37.9 Å². The second-order valence-electron chi connectivity index (χ2n) is 3.61. The average Bonchev–Trinajstić information content (AvgIpc) is 2.65. The van der Waals surface area contributed by atoms with Gasteiger partial charge in [-0.3, -0.25) is 0 Å². The smallest absolute Gasteiger partial charge is 0.222 e. The van der Waals surface area contributed by atoms with Crippen LogP contribution in [0.5, 0.6) is 0 Å². The monoisotopic (exact) mass is 321 g/mol. The number of ether oxygens (including phenoxy) is 1. The first-order valence-corrected chi connectivity index (χ1v) is 5.77. The summed E-state index contributed by atoms with van der Waals surface area (Å²) in [5.74, 6) is 0.538. The molecule has 0 aliphatic carbocycles. The van der Waals surface area contributed by atoms with Crippen LogP contribution >= 0.6 is 22.6 Å². The zero-order chi connectivity index (χ0) is 10.7. The maximum Gasteiger partial charge on any atom is 0.222 e. The zero-order valence-electron chi connectivity index (χ0n) is 8.11. The number of hydrogen-bond donors (Lipinski definition) is 2. The molecule has 0 amide bonds. The lowest BCUT2D eigenvalue weighted by Crippen LogP contribution is -2.37. The lowest BCUT2D eigenvalue weighted by Gasteiger charge is -2.20. The van der Waals surface area contributed by atoms with E-state index in [0.717, 1.165) is 3.57 Å². The van der Waals surface area contributed by atoms with Crippen molar-refractivity contribution in [2.24, 2.45) is 0 Å². The van der Waals surface area contributed by atoms with Gasteiger partial charge in [0.25, 0.3) is 0 Å². The molecule has 0 radical (unpaired) electrons. The maximum absolute atomic E-state index is 9.96. The van der Waals surface area contributed by atoms with Crippen molar-refractivity contribution in [2.75, 3.05) is 25.1 Å². The molecule has 2 N–H and O–H groups in total. The third-order valence-corrected chi connectivity index (χ3v) is 2.84. The Hall–Kier alpha value is -0.470. The normalized spacial score (nSPS) is 25.5. The first-order valence-electron chi connectivity index (χ1n) is 4.70. The molecule has 0 saturated carbocycles. The van der Waals surface area contributed by atoms with E-state index in [1.807, 2.05) is 0 Å². The van der Waals surface area contributed by atoms with Gasteiger partial charge in [-0.1, -0.05) is 0 Å². The minimum absolute atomic E-state index is 0.379. The predicted molar refractivity (Wildman–Crippen MR) is 63.6 cm³/mol. The van der Waals surface area contributed by atoms with Crippen molar-refractivity contribution in [2.45, 2.75) is 12.0 Å². The molecule has 0 bridgehead atoms. The molecule has 1 fully saturated rings. The molecule has 2 heterocycles. The molecule has 1 atom stereocenters. The van der Waals surface area contributed by atoms with Gasteiger partial charge < -0.3 is 15.2 Å². The molecule has 82 valence electrons. The molecule has 15 heavy (non-hydrogen) atoms. The van der Waals surface area contributed by atoms with E-state index in [1.54, 1.807) is 12.4 Å². The van der Waals surface area contributed by atoms with E-state index in [4.69, 9.17) is 4.74 Å². The SMILES string of the molecule is OC1(CNc2ncc(I)cn2)CCOC1. The molecule has 1 aromatic rings. The summed E-state index contributed by atoms with van der Waals surface area (Å²) in [5, 5.41) is 13.0. The van der Waals surface area contributed by atoms with Crippen molar-refractivity contribution in [3.05, 3.63) is 16.0 Å². The second kappa shape index (κ2) is 4.58. The Morgan fingerprint density at radius 3 is 2.87 bits per heavy atom. The van der Waals surface area contributed by atoms with Crippen LogP contribution in [0.1, 0.15) is 6.42 Å². The van der Waals surface area contributed by atoms with Crippen LogP contribution in [0.25, 0.3) is 0 Å². The van der Waals surface area contributed by atoms with Crippen molar-refractivity contribution in [1.82, 2.24) is 9.97 Å². The minimum atomic E-state index is -0.771. The molecule has 1 aliphatic heterocycles. The highest BCUT2D eigenvalue weighted by atomic mass is 127. The van der Waals surface area contributed by atoms with Crippen molar-refractivity contribution in [1.29, 1.82) is 0 Å². The summed E-state index contributed by atoms with van der Waals surface area (Å²) in [6, 6.07) is 0. The first kappa shape index (κ1) is 11.0. The molecular weight excluding hydrogens is 309 g/mol. The van der Waals surface area contributed by atoms with Gasteiger partial charge in [-0.25, -0.2) is 9.97 Å². The Morgan fingerprint density at radius 1 is 1.53 bits per heavy atom. The highest BCUT2D eigenvalue weighted by molar-refractivity contribution is 14.1. The van der Waals surface area contributed by atoms with E-state index in [0.29, 0.717) is 32.1 Å². The Kier molecular flexibility index (Phi) is 3.37. The van der Waals surface area contributed by atoms with E-state index in [-0.39, 0.29) is 0 Å². The highest BCUT2D eigenvalue weighted by Gasteiger charge is 2.32. The van der Waals surface area contributed by atoms with Gasteiger partial charge in [-0.05, 0) is 22.6 Å². The summed E-state index contributed by atoms with van der Waals surface area (Å²) in [4.78, 5) is 8.18. The van der Waals surface area contributed by atoms with Crippen LogP contribution in [0.4, 0.5) is 5.95 Å². The van der Waals surface area contributed by atoms with Crippen LogP contribution in [-0.4, -0.2) is 40.4 Å². The predicted octanol–water partition coefficient (Wildman–Crippen LogP) is 0.645. The third kappa shape index (κ3) is 2.99. The standard InChI is InChI=1S/C9H12IN3O2/c10-7-3-11-8(12-4-7)13-5-9(14)1-2-15-6-9/h3-4,14H,1-2,5-6H2,(H,11,12,13). The van der Waals surface area contributed by atoms with Gasteiger partial charge in [-0.2, -0.15) is 0 Å². The Morgan fingerprint density at radius 2 is 2.27 bits per heavy atom. The molecule has 1 saturated heterocycles. The van der Waals surface area contributed by atoms with Crippen molar-refractivity contribution < 1.29 is 9.84 Å². The van der Waals surface area contributed by atoms with Gasteiger partial charge in [0.2, 0.25) is 5.95 Å². The lowest BCUT2D eigenvalue weighted by molar-refractivity contribution is 0.0380. The number of nitrogens with one attached hydrogen (secondary N) is 1. The topological polar surface area (TPSA) is 67.3 Å². The Bertz CT molecular complexity index is 325. The Labute approximate surface area is 101 Å². The molecule has 6 heteroatoms. The fourth-order valence-electron chi connectivity index (χ4n) is 1.38. The summed E-state index contributed by atoms with van der Waals surface area (Å²) in [5.41, 5.74) is -0.771. The van der Waals surface area contributed by atoms with Gasteiger partial charge in [-0.15, -0.1) is 0 Å². The quantitative estimate of drug-likeness (QED) is 0.800. The second-order valence-corrected chi connectivity index (χ2v) is 4.85. The summed E-state index contributed by atoms with van der Waals surface area (Å²) < 4.78 is 6.12. The van der Waals surface area contributed by atoms with Crippen LogP contribution < -0.4 is 5.32 Å². The number of nitrogens with zero attached hydrogens (tertiary/aromatic N) is 2. The highest BCUT2D eigenvalue weighted by Crippen LogP contribution is 2.18. The number of aliphatic hydroxyl groups is 1. The lowest BCUT2D eigenvalue weighted by atomic mass is 10.0. The van der Waals surface area contributed by atoms with Crippen LogP contribution in [0.15, 0.2) is 12.4 Å². The zero-order valence-corrected chi connectivity index (χ0v) is 10.3. The molecular formula is C9H12IN3O2. The number of halogens is 1. The van der Waals surface area contributed by atoms with Crippen molar-refractivity contribution in [3.63, 3.8) is 0 Å². The van der Waals surface area contributed by atoms with E-state index in [1.165, 1.54) is 0 Å². The molecule has 1 unspecified atom stereocenters. The summed E-state index contributed by atoms with van der Waals surface area (Å²) in [7, 11) is 0. The minimum Gasteiger partial charge on any atom is -0.386 e. The molecule has 0 spiro atoms. The van der Waals surface area contributed by atoms with Gasteiger partial charge >= 0.3 is 0 Å². The number of anilines is 1. The van der Waals surface area contributed by atoms with Gasteiger partial charge in [0.15, 0.2) is 0 Å². The van der Waals surface area contributed by atoms with Crippen LogP contribution in [-0.2, 0) is 4.74 Å². The molecule has 1 aromatic heterocycles. The largest absolute Gasteiger partial charge is 0.386 e. The van der Waals surface area contributed by atoms with E-state index < -0.39 is 5.60 Å². The number of aromatic nitrogens is 2. The summed E-state index contributed by atoms with van der Waals surface area (Å²) in [6.45, 7) is 1.42. The first-order chi connectivity index (χ1) is 7.18. The van der Waals surface area contributed by atoms with Crippen LogP contribution in [0.3, 0.4) is 0 Å². The van der Waals surface area contributed by atoms with Crippen LogP contribution in [0.2, 0.25) is 0 Å². The Balaban J connectivity index is 1.90. The third-order valence-electron chi connectivity index (χ3n) is 2.28.